The number of imidazole rings is 1. The maximum absolute atomic E-state index is 14.1. The highest BCUT2D eigenvalue weighted by molar-refractivity contribution is 7.99. The Bertz CT molecular complexity index is 1290. The Kier molecular flexibility index (Phi) is 4.82. The number of rotatable bonds is 4. The van der Waals surface area contributed by atoms with Gasteiger partial charge in [-0.3, -0.25) is 9.48 Å². The van der Waals surface area contributed by atoms with Crippen molar-refractivity contribution in [2.24, 2.45) is 7.05 Å². The van der Waals surface area contributed by atoms with Gasteiger partial charge in [0.15, 0.2) is 5.16 Å². The molecule has 9 heteroatoms. The average molecular weight is 437 g/mol. The molecule has 2 aromatic heterocycles. The van der Waals surface area contributed by atoms with Crippen LogP contribution in [0, 0.1) is 11.6 Å². The fourth-order valence-corrected chi connectivity index (χ4v) is 4.49. The van der Waals surface area contributed by atoms with Crippen molar-refractivity contribution in [1.82, 2.24) is 19.3 Å². The minimum atomic E-state index is -0.735. The molecule has 5 rings (SSSR count). The van der Waals surface area contributed by atoms with Crippen molar-refractivity contribution in [1.29, 1.82) is 0 Å². The summed E-state index contributed by atoms with van der Waals surface area (Å²) >= 11 is 1.70. The monoisotopic (exact) mass is 437 g/mol. The fraction of sp³-hybridized carbons (Fsp3) is 0.136. The number of halogens is 2. The number of aryl methyl sites for hydroxylation is 2. The number of aromatic nitrogens is 4. The van der Waals surface area contributed by atoms with Crippen LogP contribution in [0.5, 0.6) is 0 Å². The van der Waals surface area contributed by atoms with Crippen LogP contribution in [0.25, 0.3) is 22.5 Å². The first-order valence-electron chi connectivity index (χ1n) is 9.60. The van der Waals surface area contributed by atoms with Crippen molar-refractivity contribution in [2.45, 2.75) is 11.7 Å². The first-order chi connectivity index (χ1) is 15.0. The number of amides is 1. The summed E-state index contributed by atoms with van der Waals surface area (Å²) in [5, 5.41) is 8.10. The summed E-state index contributed by atoms with van der Waals surface area (Å²) < 4.78 is 30.8. The highest BCUT2D eigenvalue weighted by Gasteiger charge is 2.20. The molecule has 0 fully saturated rings. The Hall–Kier alpha value is -3.46. The van der Waals surface area contributed by atoms with Crippen LogP contribution in [0.2, 0.25) is 0 Å². The molecule has 0 spiro atoms. The quantitative estimate of drug-likeness (QED) is 0.507. The van der Waals surface area contributed by atoms with Crippen LogP contribution < -0.4 is 5.32 Å². The van der Waals surface area contributed by atoms with Crippen LogP contribution in [0.15, 0.2) is 59.9 Å². The first-order valence-corrected chi connectivity index (χ1v) is 10.6. The smallest absolute Gasteiger partial charge is 0.273 e. The van der Waals surface area contributed by atoms with Crippen LogP contribution in [0.3, 0.4) is 0 Å². The number of nitrogens with one attached hydrogen (secondary N) is 1. The molecule has 1 aliphatic heterocycles. The molecule has 0 unspecified atom stereocenters. The van der Waals surface area contributed by atoms with Crippen molar-refractivity contribution in [3.8, 4) is 22.5 Å². The van der Waals surface area contributed by atoms with Crippen LogP contribution in [0.1, 0.15) is 10.5 Å². The third-order valence-corrected chi connectivity index (χ3v) is 6.04. The van der Waals surface area contributed by atoms with Crippen LogP contribution >= 0.6 is 11.8 Å². The van der Waals surface area contributed by atoms with Gasteiger partial charge in [-0.15, -0.1) is 0 Å². The lowest BCUT2D eigenvalue weighted by Crippen LogP contribution is -2.16. The van der Waals surface area contributed by atoms with Crippen molar-refractivity contribution in [2.75, 3.05) is 11.1 Å². The van der Waals surface area contributed by atoms with Crippen molar-refractivity contribution < 1.29 is 13.6 Å². The molecule has 0 bridgehead atoms. The summed E-state index contributed by atoms with van der Waals surface area (Å²) in [7, 11) is 1.60. The molecule has 0 aliphatic carbocycles. The number of fused-ring (bicyclic) bond motifs is 1. The third-order valence-electron chi connectivity index (χ3n) is 5.07. The Morgan fingerprint density at radius 1 is 1.10 bits per heavy atom. The second kappa shape index (κ2) is 7.66. The fourth-order valence-electron chi connectivity index (χ4n) is 3.55. The molecule has 4 aromatic rings. The summed E-state index contributed by atoms with van der Waals surface area (Å²) in [6, 6.07) is 12.2. The van der Waals surface area contributed by atoms with Gasteiger partial charge >= 0.3 is 0 Å². The van der Waals surface area contributed by atoms with Crippen LogP contribution in [0.4, 0.5) is 14.5 Å². The molecule has 2 aromatic carbocycles. The number of thioether (sulfide) groups is 1. The molecular formula is C22H17F2N5OS. The zero-order valence-electron chi connectivity index (χ0n) is 16.5. The highest BCUT2D eigenvalue weighted by Crippen LogP contribution is 2.33. The van der Waals surface area contributed by atoms with E-state index in [0.29, 0.717) is 5.69 Å². The lowest BCUT2D eigenvalue weighted by atomic mass is 10.1. The van der Waals surface area contributed by atoms with Crippen molar-refractivity contribution >= 4 is 23.4 Å². The number of hydrogen-bond acceptors (Lipinski definition) is 4. The molecule has 1 N–H and O–H groups in total. The number of benzene rings is 2. The second-order valence-corrected chi connectivity index (χ2v) is 8.17. The molecule has 0 atom stereocenters. The zero-order chi connectivity index (χ0) is 21.5. The van der Waals surface area contributed by atoms with Gasteiger partial charge in [-0.1, -0.05) is 30.0 Å². The molecular weight excluding hydrogens is 420 g/mol. The molecule has 6 nitrogen and oxygen atoms in total. The molecule has 31 heavy (non-hydrogen) atoms. The van der Waals surface area contributed by atoms with Crippen molar-refractivity contribution in [3.05, 3.63) is 72.1 Å². The van der Waals surface area contributed by atoms with Gasteiger partial charge in [-0.2, -0.15) is 5.10 Å². The Labute approximate surface area is 180 Å². The summed E-state index contributed by atoms with van der Waals surface area (Å²) in [5.74, 6) is -0.785. The molecule has 156 valence electrons. The van der Waals surface area contributed by atoms with Gasteiger partial charge < -0.3 is 9.88 Å². The zero-order valence-corrected chi connectivity index (χ0v) is 17.3. The normalized spacial score (nSPS) is 12.7. The molecule has 0 radical (unpaired) electrons. The molecule has 0 saturated carbocycles. The van der Waals surface area contributed by atoms with E-state index in [-0.39, 0.29) is 17.0 Å². The lowest BCUT2D eigenvalue weighted by molar-refractivity contribution is 0.101. The SMILES string of the molecule is Cn1nc(-c2ccc(F)cc2F)cc1C(=O)Nc1ccccc1-c1cn2c(n1)SCC2. The Morgan fingerprint density at radius 2 is 1.94 bits per heavy atom. The summed E-state index contributed by atoms with van der Waals surface area (Å²) in [4.78, 5) is 17.7. The van der Waals surface area contributed by atoms with E-state index >= 15 is 0 Å². The van der Waals surface area contributed by atoms with E-state index in [1.165, 1.54) is 16.8 Å². The Morgan fingerprint density at radius 3 is 2.74 bits per heavy atom. The van der Waals surface area contributed by atoms with Crippen LogP contribution in [-0.4, -0.2) is 31.0 Å². The number of hydrogen-bond donors (Lipinski definition) is 1. The first kappa shape index (κ1) is 19.5. The largest absolute Gasteiger partial charge is 0.325 e. The number of nitrogens with zero attached hydrogens (tertiary/aromatic N) is 4. The minimum Gasteiger partial charge on any atom is -0.325 e. The molecule has 1 amide bonds. The number of para-hydroxylation sites is 1. The van der Waals surface area contributed by atoms with E-state index in [9.17, 15) is 13.6 Å². The Balaban J connectivity index is 1.44. The lowest BCUT2D eigenvalue weighted by Gasteiger charge is -2.09. The molecule has 1 aliphatic rings. The average Bonchev–Trinajstić information content (AvgIpc) is 3.43. The van der Waals surface area contributed by atoms with Gasteiger partial charge in [0.05, 0.1) is 17.1 Å². The van der Waals surface area contributed by atoms with E-state index in [4.69, 9.17) is 0 Å². The minimum absolute atomic E-state index is 0.126. The maximum atomic E-state index is 14.1. The summed E-state index contributed by atoms with van der Waals surface area (Å²) in [6.07, 6.45) is 1.99. The number of carbonyl (C=O) groups excluding carboxylic acids is 1. The molecule has 3 heterocycles. The van der Waals surface area contributed by atoms with E-state index in [1.807, 2.05) is 30.5 Å². The van der Waals surface area contributed by atoms with Gasteiger partial charge in [0.25, 0.3) is 5.91 Å². The van der Waals surface area contributed by atoms with E-state index in [0.717, 1.165) is 40.8 Å². The van der Waals surface area contributed by atoms with E-state index < -0.39 is 17.5 Å². The summed E-state index contributed by atoms with van der Waals surface area (Å²) in [6.45, 7) is 0.916. The maximum Gasteiger partial charge on any atom is 0.273 e. The van der Waals surface area contributed by atoms with E-state index in [2.05, 4.69) is 20.0 Å². The van der Waals surface area contributed by atoms with Gasteiger partial charge in [0.1, 0.15) is 17.3 Å². The standard InChI is InChI=1S/C22H17F2N5OS/c1-28-20(11-18(27-28)14-7-6-13(23)10-16(14)24)21(30)25-17-5-3-2-4-15(17)19-12-29-8-9-31-22(29)26-19/h2-7,10-12H,8-9H2,1H3,(H,25,30). The van der Waals surface area contributed by atoms with E-state index in [1.54, 1.807) is 18.8 Å². The van der Waals surface area contributed by atoms with Gasteiger partial charge in [0.2, 0.25) is 0 Å². The second-order valence-electron chi connectivity index (χ2n) is 7.11. The van der Waals surface area contributed by atoms with Crippen LogP contribution in [-0.2, 0) is 13.6 Å². The number of carbonyl (C=O) groups is 1. The topological polar surface area (TPSA) is 64.7 Å². The summed E-state index contributed by atoms with van der Waals surface area (Å²) in [5.41, 5.74) is 2.84. The third kappa shape index (κ3) is 3.61. The predicted molar refractivity (Wildman–Crippen MR) is 115 cm³/mol. The van der Waals surface area contributed by atoms with Gasteiger partial charge in [0, 0.05) is 42.7 Å². The predicted octanol–water partition coefficient (Wildman–Crippen LogP) is 4.59. The van der Waals surface area contributed by atoms with Crippen molar-refractivity contribution in [3.63, 3.8) is 0 Å². The number of anilines is 1. The highest BCUT2D eigenvalue weighted by atomic mass is 32.2. The molecule has 0 saturated heterocycles. The van der Waals surface area contributed by atoms with Gasteiger partial charge in [-0.25, -0.2) is 13.8 Å². The van der Waals surface area contributed by atoms with Gasteiger partial charge in [-0.05, 0) is 24.3 Å².